The van der Waals surface area contributed by atoms with Crippen molar-refractivity contribution in [2.24, 2.45) is 0 Å². The molecule has 130 valence electrons. The summed E-state index contributed by atoms with van der Waals surface area (Å²) >= 11 is 0. The van der Waals surface area contributed by atoms with Crippen LogP contribution in [-0.4, -0.2) is 29.0 Å². The average molecular weight is 364 g/mol. The second-order valence-electron chi connectivity index (χ2n) is 6.06. The highest BCUT2D eigenvalue weighted by Crippen LogP contribution is 2.30. The fourth-order valence-corrected chi connectivity index (χ4v) is 3.47. The molecule has 3 heterocycles. The largest absolute Gasteiger partial charge is 0.383 e. The summed E-state index contributed by atoms with van der Waals surface area (Å²) in [6, 6.07) is 12.6. The topological polar surface area (TPSA) is 90.3 Å². The van der Waals surface area contributed by atoms with Crippen LogP contribution in [0.3, 0.4) is 0 Å². The van der Waals surface area contributed by atoms with Gasteiger partial charge in [0.2, 0.25) is 0 Å². The van der Waals surface area contributed by atoms with Crippen molar-refractivity contribution < 1.29 is 8.42 Å². The van der Waals surface area contributed by atoms with Crippen molar-refractivity contribution in [3.05, 3.63) is 67.3 Å². The second kappa shape index (κ2) is 5.96. The van der Waals surface area contributed by atoms with Gasteiger partial charge < -0.3 is 10.1 Å². The zero-order chi connectivity index (χ0) is 18.3. The Bertz CT molecular complexity index is 1210. The quantitative estimate of drug-likeness (QED) is 0.603. The van der Waals surface area contributed by atoms with Crippen LogP contribution in [0.15, 0.2) is 72.1 Å². The molecular formula is C19H16N4O2S. The monoisotopic (exact) mass is 364 g/mol. The molecule has 3 aromatic heterocycles. The molecule has 0 unspecified atom stereocenters. The van der Waals surface area contributed by atoms with E-state index in [4.69, 9.17) is 5.73 Å². The van der Waals surface area contributed by atoms with Crippen molar-refractivity contribution in [2.75, 3.05) is 12.0 Å². The van der Waals surface area contributed by atoms with Gasteiger partial charge in [-0.25, -0.2) is 18.4 Å². The van der Waals surface area contributed by atoms with E-state index in [0.717, 1.165) is 27.9 Å². The lowest BCUT2D eigenvalue weighted by Crippen LogP contribution is -1.97. The van der Waals surface area contributed by atoms with Gasteiger partial charge in [0.25, 0.3) is 0 Å². The lowest BCUT2D eigenvalue weighted by Gasteiger charge is -2.09. The normalized spacial score (nSPS) is 11.7. The molecule has 0 aliphatic rings. The minimum absolute atomic E-state index is 0.287. The van der Waals surface area contributed by atoms with Gasteiger partial charge in [-0.2, -0.15) is 0 Å². The van der Waals surface area contributed by atoms with E-state index < -0.39 is 9.84 Å². The van der Waals surface area contributed by atoms with E-state index in [0.29, 0.717) is 5.82 Å². The molecule has 0 aliphatic carbocycles. The standard InChI is InChI=1S/C19H16N4O2S/c1-26(24,25)16-5-2-13(3-6-16)15-10-17(19(20)22-11-15)14-4-7-18-21-8-9-23(18)12-14/h2-12H,1H3,(H2,20,22). The molecule has 0 fully saturated rings. The third kappa shape index (κ3) is 2.93. The molecule has 0 atom stereocenters. The van der Waals surface area contributed by atoms with E-state index in [2.05, 4.69) is 9.97 Å². The Kier molecular flexibility index (Phi) is 3.73. The first-order chi connectivity index (χ1) is 12.4. The van der Waals surface area contributed by atoms with Gasteiger partial charge >= 0.3 is 0 Å². The molecule has 1 aromatic carbocycles. The number of anilines is 1. The molecule has 4 aromatic rings. The number of imidazole rings is 1. The maximum Gasteiger partial charge on any atom is 0.175 e. The van der Waals surface area contributed by atoms with Gasteiger partial charge in [-0.05, 0) is 35.9 Å². The summed E-state index contributed by atoms with van der Waals surface area (Å²) in [5, 5.41) is 0. The first kappa shape index (κ1) is 16.3. The minimum Gasteiger partial charge on any atom is -0.383 e. The van der Waals surface area contributed by atoms with Crippen LogP contribution in [0.5, 0.6) is 0 Å². The SMILES string of the molecule is CS(=O)(=O)c1ccc(-c2cnc(N)c(-c3ccc4nccn4c3)c2)cc1. The van der Waals surface area contributed by atoms with Crippen molar-refractivity contribution in [3.63, 3.8) is 0 Å². The summed E-state index contributed by atoms with van der Waals surface area (Å²) in [6.45, 7) is 0. The van der Waals surface area contributed by atoms with Crippen molar-refractivity contribution >= 4 is 21.3 Å². The summed E-state index contributed by atoms with van der Waals surface area (Å²) < 4.78 is 25.1. The number of nitrogen functional groups attached to an aromatic ring is 1. The van der Waals surface area contributed by atoms with Gasteiger partial charge in [0.1, 0.15) is 11.5 Å². The number of nitrogens with two attached hydrogens (primary N) is 1. The lowest BCUT2D eigenvalue weighted by atomic mass is 10.0. The predicted molar refractivity (Wildman–Crippen MR) is 101 cm³/mol. The molecule has 0 aliphatic heterocycles. The first-order valence-corrected chi connectivity index (χ1v) is 9.80. The molecule has 26 heavy (non-hydrogen) atoms. The number of fused-ring (bicyclic) bond motifs is 1. The number of nitrogens with zero attached hydrogens (tertiary/aromatic N) is 3. The Balaban J connectivity index is 1.78. The smallest absolute Gasteiger partial charge is 0.175 e. The zero-order valence-corrected chi connectivity index (χ0v) is 14.8. The van der Waals surface area contributed by atoms with Crippen molar-refractivity contribution in [1.82, 2.24) is 14.4 Å². The number of hydrogen-bond donors (Lipinski definition) is 1. The third-order valence-electron chi connectivity index (χ3n) is 4.23. The minimum atomic E-state index is -3.22. The van der Waals surface area contributed by atoms with Crippen LogP contribution < -0.4 is 5.73 Å². The number of sulfone groups is 1. The van der Waals surface area contributed by atoms with Gasteiger partial charge in [0.05, 0.1) is 4.90 Å². The van der Waals surface area contributed by atoms with E-state index in [1.54, 1.807) is 36.7 Å². The van der Waals surface area contributed by atoms with Crippen molar-refractivity contribution in [1.29, 1.82) is 0 Å². The van der Waals surface area contributed by atoms with Gasteiger partial charge in [-0.15, -0.1) is 0 Å². The van der Waals surface area contributed by atoms with Crippen LogP contribution in [0.4, 0.5) is 5.82 Å². The summed E-state index contributed by atoms with van der Waals surface area (Å²) in [6.07, 6.45) is 8.43. The maximum absolute atomic E-state index is 11.6. The Morgan fingerprint density at radius 1 is 0.962 bits per heavy atom. The van der Waals surface area contributed by atoms with E-state index >= 15 is 0 Å². The third-order valence-corrected chi connectivity index (χ3v) is 5.36. The molecule has 0 spiro atoms. The Labute approximate surface area is 150 Å². The fourth-order valence-electron chi connectivity index (χ4n) is 2.84. The Hall–Kier alpha value is -3.19. The van der Waals surface area contributed by atoms with Gasteiger partial charge in [0, 0.05) is 47.7 Å². The maximum atomic E-state index is 11.6. The van der Waals surface area contributed by atoms with Gasteiger partial charge in [-0.1, -0.05) is 12.1 Å². The summed E-state index contributed by atoms with van der Waals surface area (Å²) in [4.78, 5) is 8.83. The molecule has 0 radical (unpaired) electrons. The average Bonchev–Trinajstić information content (AvgIpc) is 3.09. The van der Waals surface area contributed by atoms with Crippen LogP contribution >= 0.6 is 0 Å². The van der Waals surface area contributed by atoms with Crippen LogP contribution in [-0.2, 0) is 9.84 Å². The Morgan fingerprint density at radius 2 is 1.69 bits per heavy atom. The van der Waals surface area contributed by atoms with E-state index in [-0.39, 0.29) is 4.90 Å². The zero-order valence-electron chi connectivity index (χ0n) is 14.0. The van der Waals surface area contributed by atoms with Gasteiger partial charge in [-0.3, -0.25) is 0 Å². The van der Waals surface area contributed by atoms with Crippen LogP contribution in [0.1, 0.15) is 0 Å². The van der Waals surface area contributed by atoms with Crippen LogP contribution in [0.2, 0.25) is 0 Å². The van der Waals surface area contributed by atoms with Gasteiger partial charge in [0.15, 0.2) is 9.84 Å². The lowest BCUT2D eigenvalue weighted by molar-refractivity contribution is 0.602. The molecular weight excluding hydrogens is 348 g/mol. The predicted octanol–water partition coefficient (Wildman–Crippen LogP) is 3.05. The van der Waals surface area contributed by atoms with Crippen LogP contribution in [0, 0.1) is 0 Å². The molecule has 0 amide bonds. The fraction of sp³-hybridized carbons (Fsp3) is 0.0526. The van der Waals surface area contributed by atoms with E-state index in [9.17, 15) is 8.42 Å². The van der Waals surface area contributed by atoms with Crippen molar-refractivity contribution in [2.45, 2.75) is 4.90 Å². The van der Waals surface area contributed by atoms with Crippen LogP contribution in [0.25, 0.3) is 27.9 Å². The molecule has 7 heteroatoms. The Morgan fingerprint density at radius 3 is 2.42 bits per heavy atom. The van der Waals surface area contributed by atoms with E-state index in [1.807, 2.05) is 35.0 Å². The number of rotatable bonds is 3. The molecule has 0 bridgehead atoms. The summed E-state index contributed by atoms with van der Waals surface area (Å²) in [5.41, 5.74) is 10.4. The summed E-state index contributed by atoms with van der Waals surface area (Å²) in [7, 11) is -3.22. The highest BCUT2D eigenvalue weighted by Gasteiger charge is 2.10. The molecule has 2 N–H and O–H groups in total. The number of pyridine rings is 2. The van der Waals surface area contributed by atoms with E-state index in [1.165, 1.54) is 6.26 Å². The molecule has 0 saturated carbocycles. The number of aromatic nitrogens is 3. The second-order valence-corrected chi connectivity index (χ2v) is 8.08. The highest BCUT2D eigenvalue weighted by molar-refractivity contribution is 7.90. The first-order valence-electron chi connectivity index (χ1n) is 7.91. The highest BCUT2D eigenvalue weighted by atomic mass is 32.2. The molecule has 6 nitrogen and oxygen atoms in total. The number of benzene rings is 1. The summed E-state index contributed by atoms with van der Waals surface area (Å²) in [5.74, 6) is 0.431. The number of hydrogen-bond acceptors (Lipinski definition) is 5. The molecule has 0 saturated heterocycles. The molecule has 4 rings (SSSR count). The van der Waals surface area contributed by atoms with Crippen molar-refractivity contribution in [3.8, 4) is 22.3 Å².